The zero-order chi connectivity index (χ0) is 12.3. The van der Waals surface area contributed by atoms with Crippen LogP contribution < -0.4 is 0 Å². The van der Waals surface area contributed by atoms with Gasteiger partial charge in [-0.25, -0.2) is 0 Å². The first-order chi connectivity index (χ1) is 8.38. The lowest BCUT2D eigenvalue weighted by Crippen LogP contribution is -1.91. The third-order valence-corrected chi connectivity index (χ3v) is 4.27. The highest BCUT2D eigenvalue weighted by Crippen LogP contribution is 2.20. The molecule has 0 fully saturated rings. The number of rotatable bonds is 10. The normalized spacial score (nSPS) is 10.9. The average Bonchev–Trinajstić information content (AvgIpc) is 2.78. The predicted molar refractivity (Wildman–Crippen MR) is 80.0 cm³/mol. The fourth-order valence-corrected chi connectivity index (χ4v) is 3.19. The zero-order valence-corrected chi connectivity index (χ0v) is 12.5. The van der Waals surface area contributed by atoms with Gasteiger partial charge in [0.2, 0.25) is 0 Å². The molecule has 17 heavy (non-hydrogen) atoms. The van der Waals surface area contributed by atoms with Gasteiger partial charge in [0.1, 0.15) is 0 Å². The van der Waals surface area contributed by atoms with E-state index in [9.17, 15) is 0 Å². The summed E-state index contributed by atoms with van der Waals surface area (Å²) in [5, 5.41) is 4.74. The predicted octanol–water partition coefficient (Wildman–Crippen LogP) is 5.99. The Morgan fingerprint density at radius 3 is 1.88 bits per heavy atom. The molecule has 0 aliphatic carbocycles. The highest BCUT2D eigenvalue weighted by Gasteiger charge is 2.03. The van der Waals surface area contributed by atoms with Crippen LogP contribution in [0.3, 0.4) is 0 Å². The summed E-state index contributed by atoms with van der Waals surface area (Å²) in [7, 11) is 0. The van der Waals surface area contributed by atoms with Gasteiger partial charge in [0.25, 0.3) is 0 Å². The summed E-state index contributed by atoms with van der Waals surface area (Å²) in [6.45, 7) is 4.56. The van der Waals surface area contributed by atoms with Crippen molar-refractivity contribution in [1.82, 2.24) is 0 Å². The molecular formula is C16H28S. The Hall–Kier alpha value is -0.300. The van der Waals surface area contributed by atoms with Crippen molar-refractivity contribution < 1.29 is 0 Å². The maximum absolute atomic E-state index is 2.37. The molecule has 0 atom stereocenters. The summed E-state index contributed by atoms with van der Waals surface area (Å²) in [6.07, 6.45) is 13.7. The second kappa shape index (κ2) is 9.70. The summed E-state index contributed by atoms with van der Waals surface area (Å²) in [5.41, 5.74) is 3.27. The highest BCUT2D eigenvalue weighted by atomic mass is 32.1. The second-order valence-electron chi connectivity index (χ2n) is 5.04. The molecule has 0 unspecified atom stereocenters. The van der Waals surface area contributed by atoms with Gasteiger partial charge in [0, 0.05) is 0 Å². The molecule has 1 aromatic rings. The van der Waals surface area contributed by atoms with E-state index < -0.39 is 0 Å². The summed E-state index contributed by atoms with van der Waals surface area (Å²) >= 11 is 1.89. The van der Waals surface area contributed by atoms with Crippen LogP contribution in [-0.4, -0.2) is 0 Å². The average molecular weight is 252 g/mol. The number of unbranched alkanes of at least 4 members (excludes halogenated alkanes) is 6. The van der Waals surface area contributed by atoms with Gasteiger partial charge < -0.3 is 0 Å². The first-order valence-electron chi connectivity index (χ1n) is 7.42. The third-order valence-electron chi connectivity index (χ3n) is 3.43. The topological polar surface area (TPSA) is 0 Å². The van der Waals surface area contributed by atoms with Gasteiger partial charge in [-0.1, -0.05) is 52.4 Å². The van der Waals surface area contributed by atoms with E-state index in [1.807, 2.05) is 11.3 Å². The molecule has 98 valence electrons. The van der Waals surface area contributed by atoms with Gasteiger partial charge in [-0.3, -0.25) is 0 Å². The Morgan fingerprint density at radius 2 is 1.24 bits per heavy atom. The van der Waals surface area contributed by atoms with Crippen molar-refractivity contribution in [3.63, 3.8) is 0 Å². The van der Waals surface area contributed by atoms with Crippen LogP contribution >= 0.6 is 11.3 Å². The first kappa shape index (κ1) is 14.8. The minimum absolute atomic E-state index is 1.30. The van der Waals surface area contributed by atoms with Gasteiger partial charge in [0.15, 0.2) is 0 Å². The zero-order valence-electron chi connectivity index (χ0n) is 11.6. The summed E-state index contributed by atoms with van der Waals surface area (Å²) in [6, 6.07) is 0. The quantitative estimate of drug-likeness (QED) is 0.448. The maximum atomic E-state index is 2.37. The second-order valence-corrected chi connectivity index (χ2v) is 5.79. The van der Waals surface area contributed by atoms with E-state index in [-0.39, 0.29) is 0 Å². The van der Waals surface area contributed by atoms with Crippen LogP contribution in [0.25, 0.3) is 0 Å². The molecule has 0 aliphatic rings. The minimum Gasteiger partial charge on any atom is -0.152 e. The Balaban J connectivity index is 2.15. The van der Waals surface area contributed by atoms with Crippen LogP contribution in [0, 0.1) is 0 Å². The molecule has 0 saturated heterocycles. The molecular weight excluding hydrogens is 224 g/mol. The summed E-state index contributed by atoms with van der Waals surface area (Å²) in [5.74, 6) is 0. The molecule has 0 aliphatic heterocycles. The van der Waals surface area contributed by atoms with Gasteiger partial charge in [-0.2, -0.15) is 11.3 Å². The third kappa shape index (κ3) is 6.26. The molecule has 1 heterocycles. The van der Waals surface area contributed by atoms with Crippen molar-refractivity contribution in [3.8, 4) is 0 Å². The largest absolute Gasteiger partial charge is 0.152 e. The fraction of sp³-hybridized carbons (Fsp3) is 0.750. The van der Waals surface area contributed by atoms with E-state index in [1.165, 1.54) is 64.2 Å². The van der Waals surface area contributed by atoms with Crippen LogP contribution in [0.2, 0.25) is 0 Å². The number of thiophene rings is 1. The first-order valence-corrected chi connectivity index (χ1v) is 8.36. The number of aryl methyl sites for hydroxylation is 2. The molecule has 0 N–H and O–H groups in total. The monoisotopic (exact) mass is 252 g/mol. The summed E-state index contributed by atoms with van der Waals surface area (Å²) in [4.78, 5) is 0. The standard InChI is InChI=1S/C16H28S/c1-3-5-7-8-9-10-12-16-14-17-13-15(16)11-6-4-2/h13-14H,3-12H2,1-2H3. The Labute approximate surface area is 111 Å². The van der Waals surface area contributed by atoms with Crippen molar-refractivity contribution in [2.75, 3.05) is 0 Å². The van der Waals surface area contributed by atoms with E-state index in [0.717, 1.165) is 0 Å². The van der Waals surface area contributed by atoms with Gasteiger partial charge in [-0.05, 0) is 47.6 Å². The van der Waals surface area contributed by atoms with Crippen molar-refractivity contribution >= 4 is 11.3 Å². The lowest BCUT2D eigenvalue weighted by Gasteiger charge is -2.04. The van der Waals surface area contributed by atoms with E-state index in [4.69, 9.17) is 0 Å². The minimum atomic E-state index is 1.30. The highest BCUT2D eigenvalue weighted by molar-refractivity contribution is 7.08. The van der Waals surface area contributed by atoms with E-state index >= 15 is 0 Å². The molecule has 0 aromatic carbocycles. The van der Waals surface area contributed by atoms with Crippen LogP contribution in [0.15, 0.2) is 10.8 Å². The van der Waals surface area contributed by atoms with Crippen molar-refractivity contribution in [1.29, 1.82) is 0 Å². The van der Waals surface area contributed by atoms with E-state index in [1.54, 1.807) is 11.1 Å². The van der Waals surface area contributed by atoms with Crippen LogP contribution in [0.1, 0.15) is 76.3 Å². The fourth-order valence-electron chi connectivity index (χ4n) is 2.25. The molecule has 0 radical (unpaired) electrons. The summed E-state index contributed by atoms with van der Waals surface area (Å²) < 4.78 is 0. The van der Waals surface area contributed by atoms with Gasteiger partial charge in [0.05, 0.1) is 0 Å². The molecule has 1 heteroatoms. The van der Waals surface area contributed by atoms with E-state index in [2.05, 4.69) is 24.6 Å². The van der Waals surface area contributed by atoms with Crippen molar-refractivity contribution in [2.45, 2.75) is 78.1 Å². The Morgan fingerprint density at radius 1 is 0.706 bits per heavy atom. The Bertz CT molecular complexity index is 275. The molecule has 1 rings (SSSR count). The van der Waals surface area contributed by atoms with Crippen LogP contribution in [-0.2, 0) is 12.8 Å². The van der Waals surface area contributed by atoms with Crippen molar-refractivity contribution in [3.05, 3.63) is 21.9 Å². The van der Waals surface area contributed by atoms with Crippen LogP contribution in [0.5, 0.6) is 0 Å². The molecule has 0 bridgehead atoms. The number of hydrogen-bond donors (Lipinski definition) is 0. The van der Waals surface area contributed by atoms with Crippen molar-refractivity contribution in [2.24, 2.45) is 0 Å². The number of hydrogen-bond acceptors (Lipinski definition) is 1. The van der Waals surface area contributed by atoms with Gasteiger partial charge in [-0.15, -0.1) is 0 Å². The SMILES string of the molecule is CCCCCCCCc1cscc1CCCC. The molecule has 0 amide bonds. The van der Waals surface area contributed by atoms with E-state index in [0.29, 0.717) is 0 Å². The lowest BCUT2D eigenvalue weighted by atomic mass is 10.0. The molecule has 0 spiro atoms. The maximum Gasteiger partial charge on any atom is -0.00584 e. The lowest BCUT2D eigenvalue weighted by molar-refractivity contribution is 0.606. The van der Waals surface area contributed by atoms with Gasteiger partial charge >= 0.3 is 0 Å². The molecule has 1 aromatic heterocycles. The molecule has 0 saturated carbocycles. The Kier molecular flexibility index (Phi) is 8.42. The molecule has 0 nitrogen and oxygen atoms in total. The van der Waals surface area contributed by atoms with Crippen LogP contribution in [0.4, 0.5) is 0 Å². The smallest absolute Gasteiger partial charge is 0.00584 e.